The third-order valence-corrected chi connectivity index (χ3v) is 7.44. The minimum Gasteiger partial charge on any atom is -0.508 e. The first-order valence-electron chi connectivity index (χ1n) is 11.5. The van der Waals surface area contributed by atoms with E-state index in [9.17, 15) is 19.8 Å². The van der Waals surface area contributed by atoms with Crippen molar-refractivity contribution in [3.05, 3.63) is 56.9 Å². The SMILES string of the molecule is CC[C@@]1(O)C(=O)OCc2c1cc1n(c2=O)Cc2cc3c(CC(C)C(C)C)c(O)ccc3nc2-1. The summed E-state index contributed by atoms with van der Waals surface area (Å²) in [5, 5.41) is 22.5. The van der Waals surface area contributed by atoms with Crippen molar-refractivity contribution in [1.82, 2.24) is 9.55 Å². The fourth-order valence-electron chi connectivity index (χ4n) is 4.87. The summed E-state index contributed by atoms with van der Waals surface area (Å²) in [6.07, 6.45) is 0.835. The number of phenolic OH excluding ortho intramolecular Hbond substituents is 1. The topological polar surface area (TPSA) is 102 Å². The summed E-state index contributed by atoms with van der Waals surface area (Å²) in [5.74, 6) is 0.374. The van der Waals surface area contributed by atoms with Crippen molar-refractivity contribution in [3.8, 4) is 17.1 Å². The highest BCUT2D eigenvalue weighted by atomic mass is 16.6. The second-order valence-corrected chi connectivity index (χ2v) is 9.65. The molecule has 0 spiro atoms. The minimum atomic E-state index is -1.84. The molecule has 0 radical (unpaired) electrons. The summed E-state index contributed by atoms with van der Waals surface area (Å²) in [5.41, 5.74) is 2.23. The van der Waals surface area contributed by atoms with Gasteiger partial charge in [-0.1, -0.05) is 27.7 Å². The number of aromatic hydroxyl groups is 1. The molecule has 5 rings (SSSR count). The lowest BCUT2D eigenvalue weighted by atomic mass is 9.86. The highest BCUT2D eigenvalue weighted by Crippen LogP contribution is 2.40. The van der Waals surface area contributed by atoms with E-state index in [0.29, 0.717) is 40.9 Å². The van der Waals surface area contributed by atoms with Gasteiger partial charge < -0.3 is 19.5 Å². The van der Waals surface area contributed by atoms with E-state index in [1.54, 1.807) is 29.7 Å². The van der Waals surface area contributed by atoms with E-state index in [-0.39, 0.29) is 24.3 Å². The van der Waals surface area contributed by atoms with E-state index >= 15 is 0 Å². The highest BCUT2D eigenvalue weighted by Gasteiger charge is 2.45. The Morgan fingerprint density at radius 3 is 2.67 bits per heavy atom. The van der Waals surface area contributed by atoms with Crippen molar-refractivity contribution in [3.63, 3.8) is 0 Å². The number of nitrogens with zero attached hydrogens (tertiary/aromatic N) is 2. The summed E-state index contributed by atoms with van der Waals surface area (Å²) < 4.78 is 6.76. The van der Waals surface area contributed by atoms with Crippen LogP contribution in [0.25, 0.3) is 22.3 Å². The molecule has 2 aromatic heterocycles. The first kappa shape index (κ1) is 21.6. The van der Waals surface area contributed by atoms with Gasteiger partial charge in [0.15, 0.2) is 5.60 Å². The number of pyridine rings is 2. The van der Waals surface area contributed by atoms with Crippen LogP contribution < -0.4 is 5.56 Å². The Labute approximate surface area is 191 Å². The van der Waals surface area contributed by atoms with Crippen LogP contribution in [0.15, 0.2) is 29.1 Å². The molecule has 7 nitrogen and oxygen atoms in total. The van der Waals surface area contributed by atoms with Gasteiger partial charge >= 0.3 is 5.97 Å². The monoisotopic (exact) mass is 448 g/mol. The quantitative estimate of drug-likeness (QED) is 0.463. The first-order valence-corrected chi connectivity index (χ1v) is 11.5. The number of cyclic esters (lactones) is 1. The molecular weight excluding hydrogens is 420 g/mol. The summed E-state index contributed by atoms with van der Waals surface area (Å²) in [6, 6.07) is 7.19. The highest BCUT2D eigenvalue weighted by molar-refractivity contribution is 5.89. The minimum absolute atomic E-state index is 0.108. The van der Waals surface area contributed by atoms with Gasteiger partial charge in [-0.3, -0.25) is 4.79 Å². The van der Waals surface area contributed by atoms with E-state index < -0.39 is 11.6 Å². The maximum atomic E-state index is 13.3. The van der Waals surface area contributed by atoms with Crippen LogP contribution in [0.4, 0.5) is 0 Å². The lowest BCUT2D eigenvalue weighted by Gasteiger charge is -2.31. The molecular formula is C26H28N2O5. The van der Waals surface area contributed by atoms with Crippen molar-refractivity contribution in [1.29, 1.82) is 0 Å². The Bertz CT molecular complexity index is 1370. The second-order valence-electron chi connectivity index (χ2n) is 9.65. The van der Waals surface area contributed by atoms with Crippen LogP contribution in [0.3, 0.4) is 0 Å². The lowest BCUT2D eigenvalue weighted by molar-refractivity contribution is -0.172. The Kier molecular flexibility index (Phi) is 4.86. The van der Waals surface area contributed by atoms with Gasteiger partial charge in [0.25, 0.3) is 5.56 Å². The average molecular weight is 449 g/mol. The number of carbonyl (C=O) groups excluding carboxylic acids is 1. The van der Waals surface area contributed by atoms with Gasteiger partial charge in [0.2, 0.25) is 0 Å². The number of carbonyl (C=O) groups is 1. The molecule has 7 heteroatoms. The number of aliphatic hydroxyl groups is 1. The summed E-state index contributed by atoms with van der Waals surface area (Å²) >= 11 is 0. The van der Waals surface area contributed by atoms with E-state index in [0.717, 1.165) is 28.5 Å². The van der Waals surface area contributed by atoms with Crippen LogP contribution in [0.2, 0.25) is 0 Å². The lowest BCUT2D eigenvalue weighted by Crippen LogP contribution is -2.44. The second kappa shape index (κ2) is 7.42. The van der Waals surface area contributed by atoms with Crippen molar-refractivity contribution in [2.75, 3.05) is 0 Å². The van der Waals surface area contributed by atoms with Crippen molar-refractivity contribution in [2.24, 2.45) is 11.8 Å². The molecule has 0 saturated heterocycles. The third-order valence-electron chi connectivity index (χ3n) is 7.44. The largest absolute Gasteiger partial charge is 0.508 e. The molecule has 0 bridgehead atoms. The number of phenols is 1. The molecule has 2 N–H and O–H groups in total. The van der Waals surface area contributed by atoms with Gasteiger partial charge in [0, 0.05) is 22.1 Å². The zero-order chi connectivity index (χ0) is 23.7. The normalized spacial score (nSPS) is 19.9. The van der Waals surface area contributed by atoms with Crippen molar-refractivity contribution in [2.45, 2.75) is 59.3 Å². The average Bonchev–Trinajstić information content (AvgIpc) is 3.15. The zero-order valence-electron chi connectivity index (χ0n) is 19.3. The van der Waals surface area contributed by atoms with Crippen LogP contribution in [0.1, 0.15) is 56.4 Å². The molecule has 3 aromatic rings. The molecule has 0 fully saturated rings. The number of rotatable bonds is 4. The Morgan fingerprint density at radius 1 is 1.21 bits per heavy atom. The predicted molar refractivity (Wildman–Crippen MR) is 124 cm³/mol. The molecule has 0 amide bonds. The number of ether oxygens (including phenoxy) is 1. The van der Waals surface area contributed by atoms with E-state index in [2.05, 4.69) is 20.8 Å². The summed E-state index contributed by atoms with van der Waals surface area (Å²) in [4.78, 5) is 30.5. The van der Waals surface area contributed by atoms with E-state index in [1.165, 1.54) is 0 Å². The number of aromatic nitrogens is 2. The van der Waals surface area contributed by atoms with E-state index in [4.69, 9.17) is 9.72 Å². The fourth-order valence-corrected chi connectivity index (χ4v) is 4.87. The molecule has 4 heterocycles. The Hall–Kier alpha value is -3.19. The smallest absolute Gasteiger partial charge is 0.343 e. The van der Waals surface area contributed by atoms with Gasteiger partial charge in [-0.2, -0.15) is 0 Å². The van der Waals surface area contributed by atoms with Gasteiger partial charge in [-0.25, -0.2) is 9.78 Å². The van der Waals surface area contributed by atoms with Crippen LogP contribution in [0.5, 0.6) is 5.75 Å². The number of hydrogen-bond acceptors (Lipinski definition) is 6. The summed E-state index contributed by atoms with van der Waals surface area (Å²) in [6.45, 7) is 8.38. The Balaban J connectivity index is 1.70. The molecule has 33 heavy (non-hydrogen) atoms. The number of esters is 1. The maximum Gasteiger partial charge on any atom is 0.343 e. The molecule has 1 aromatic carbocycles. The molecule has 2 aliphatic rings. The third kappa shape index (κ3) is 3.09. The van der Waals surface area contributed by atoms with Crippen molar-refractivity contribution < 1.29 is 19.7 Å². The molecule has 0 saturated carbocycles. The van der Waals surface area contributed by atoms with Gasteiger partial charge in [0.1, 0.15) is 12.4 Å². The van der Waals surface area contributed by atoms with Gasteiger partial charge in [-0.05, 0) is 48.9 Å². The molecule has 2 aliphatic heterocycles. The van der Waals surface area contributed by atoms with Crippen LogP contribution in [-0.2, 0) is 34.7 Å². The number of benzene rings is 1. The maximum absolute atomic E-state index is 13.3. The Morgan fingerprint density at radius 2 is 1.97 bits per heavy atom. The number of hydrogen-bond donors (Lipinski definition) is 2. The van der Waals surface area contributed by atoms with Gasteiger partial charge in [-0.15, -0.1) is 0 Å². The molecule has 2 atom stereocenters. The predicted octanol–water partition coefficient (Wildman–Crippen LogP) is 3.62. The summed E-state index contributed by atoms with van der Waals surface area (Å²) in [7, 11) is 0. The van der Waals surface area contributed by atoms with Crippen LogP contribution in [-0.4, -0.2) is 25.7 Å². The van der Waals surface area contributed by atoms with Crippen LogP contribution in [0, 0.1) is 11.8 Å². The zero-order valence-corrected chi connectivity index (χ0v) is 19.3. The molecule has 0 aliphatic carbocycles. The molecule has 1 unspecified atom stereocenters. The molecule has 172 valence electrons. The first-order chi connectivity index (χ1) is 15.7. The van der Waals surface area contributed by atoms with Crippen LogP contribution >= 0.6 is 0 Å². The van der Waals surface area contributed by atoms with Crippen molar-refractivity contribution >= 4 is 16.9 Å². The number of fused-ring (bicyclic) bond motifs is 5. The van der Waals surface area contributed by atoms with E-state index in [1.807, 2.05) is 6.07 Å². The fraction of sp³-hybridized carbons (Fsp3) is 0.423. The standard InChI is InChI=1S/C26H28N2O5/c1-5-26(32)19-10-21-23-15(11-28(21)24(30)18(19)12-33-25(26)31)9-16-17(8-14(4)13(2)3)22(29)7-6-20(16)27-23/h6-7,9-10,13-14,29,32H,5,8,11-12H2,1-4H3/t14?,26-/m0/s1. The van der Waals surface area contributed by atoms with Gasteiger partial charge in [0.05, 0.1) is 29.0 Å².